The van der Waals surface area contributed by atoms with Gasteiger partial charge >= 0.3 is 0 Å². The molecule has 28 heavy (non-hydrogen) atoms. The number of hydrogen-bond donors (Lipinski definition) is 1. The second-order valence-electron chi connectivity index (χ2n) is 6.95. The highest BCUT2D eigenvalue weighted by molar-refractivity contribution is 5.79. The summed E-state index contributed by atoms with van der Waals surface area (Å²) in [5.74, 6) is 0.636. The Morgan fingerprint density at radius 3 is 2.89 bits per heavy atom. The van der Waals surface area contributed by atoms with E-state index in [0.29, 0.717) is 50.8 Å². The molecular weight excluding hydrogens is 360 g/mol. The van der Waals surface area contributed by atoms with Crippen molar-refractivity contribution in [2.75, 3.05) is 40.0 Å². The van der Waals surface area contributed by atoms with Crippen LogP contribution in [0.15, 0.2) is 29.1 Å². The molecule has 0 saturated carbocycles. The molecule has 1 atom stereocenters. The molecule has 0 amide bonds. The van der Waals surface area contributed by atoms with Gasteiger partial charge in [0.05, 0.1) is 26.4 Å². The van der Waals surface area contributed by atoms with Crippen LogP contribution in [-0.4, -0.2) is 70.1 Å². The van der Waals surface area contributed by atoms with Gasteiger partial charge in [-0.05, 0) is 40.9 Å². The fourth-order valence-corrected chi connectivity index (χ4v) is 3.63. The van der Waals surface area contributed by atoms with Crippen molar-refractivity contribution in [1.82, 2.24) is 30.1 Å². The molecule has 1 saturated heterocycles. The van der Waals surface area contributed by atoms with Gasteiger partial charge in [0.2, 0.25) is 0 Å². The largest absolute Gasteiger partial charge is 0.383 e. The van der Waals surface area contributed by atoms with E-state index in [1.54, 1.807) is 11.8 Å². The maximum atomic E-state index is 13.0. The molecule has 9 nitrogen and oxygen atoms in total. The molecule has 0 bridgehead atoms. The van der Waals surface area contributed by atoms with Gasteiger partial charge in [-0.2, -0.15) is 0 Å². The van der Waals surface area contributed by atoms with Crippen LogP contribution in [-0.2, 0) is 16.0 Å². The third-order valence-corrected chi connectivity index (χ3v) is 5.05. The molecule has 0 radical (unpaired) electrons. The lowest BCUT2D eigenvalue weighted by Gasteiger charge is -2.33. The Morgan fingerprint density at radius 2 is 2.11 bits per heavy atom. The number of nitrogens with zero attached hydrogens (tertiary/aromatic N) is 5. The van der Waals surface area contributed by atoms with Crippen LogP contribution in [0, 0.1) is 6.92 Å². The highest BCUT2D eigenvalue weighted by Crippen LogP contribution is 2.27. The van der Waals surface area contributed by atoms with Gasteiger partial charge in [0.1, 0.15) is 6.04 Å². The number of pyridine rings is 1. The average molecular weight is 384 g/mol. The van der Waals surface area contributed by atoms with Crippen molar-refractivity contribution in [1.29, 1.82) is 0 Å². The number of methoxy groups -OCH3 is 1. The zero-order chi connectivity index (χ0) is 19.5. The van der Waals surface area contributed by atoms with E-state index in [1.807, 2.05) is 25.1 Å². The molecule has 4 rings (SSSR count). The summed E-state index contributed by atoms with van der Waals surface area (Å²) in [6, 6.07) is 7.59. The zero-order valence-corrected chi connectivity index (χ0v) is 16.1. The van der Waals surface area contributed by atoms with Gasteiger partial charge in [0, 0.05) is 31.3 Å². The molecule has 3 heterocycles. The minimum Gasteiger partial charge on any atom is -0.383 e. The quantitative estimate of drug-likeness (QED) is 0.674. The average Bonchev–Trinajstić information content (AvgIpc) is 3.16. The molecule has 1 aliphatic rings. The summed E-state index contributed by atoms with van der Waals surface area (Å²) < 4.78 is 12.4. The van der Waals surface area contributed by atoms with Crippen LogP contribution in [0.3, 0.4) is 0 Å². The fourth-order valence-electron chi connectivity index (χ4n) is 3.63. The molecule has 1 fully saturated rings. The summed E-state index contributed by atoms with van der Waals surface area (Å²) in [4.78, 5) is 18.2. The van der Waals surface area contributed by atoms with Crippen molar-refractivity contribution in [2.24, 2.45) is 0 Å². The number of fused-ring (bicyclic) bond motifs is 1. The summed E-state index contributed by atoms with van der Waals surface area (Å²) in [6.45, 7) is 5.67. The molecule has 1 N–H and O–H groups in total. The number of aryl methyl sites for hydroxylation is 1. The van der Waals surface area contributed by atoms with Crippen LogP contribution in [0.5, 0.6) is 0 Å². The van der Waals surface area contributed by atoms with E-state index in [4.69, 9.17) is 9.47 Å². The molecule has 9 heteroatoms. The van der Waals surface area contributed by atoms with Gasteiger partial charge in [-0.25, -0.2) is 4.68 Å². The Labute approximate surface area is 162 Å². The van der Waals surface area contributed by atoms with E-state index in [1.165, 1.54) is 0 Å². The first-order chi connectivity index (χ1) is 13.7. The Balaban J connectivity index is 1.84. The van der Waals surface area contributed by atoms with Gasteiger partial charge in [0.25, 0.3) is 5.56 Å². The minimum absolute atomic E-state index is 0.130. The number of morpholine rings is 1. The van der Waals surface area contributed by atoms with Gasteiger partial charge < -0.3 is 14.5 Å². The Kier molecular flexibility index (Phi) is 5.47. The highest BCUT2D eigenvalue weighted by Gasteiger charge is 2.31. The smallest absolute Gasteiger partial charge is 0.253 e. The first kappa shape index (κ1) is 18.7. The number of benzene rings is 1. The predicted molar refractivity (Wildman–Crippen MR) is 103 cm³/mol. The fraction of sp³-hybridized carbons (Fsp3) is 0.474. The van der Waals surface area contributed by atoms with E-state index < -0.39 is 0 Å². The van der Waals surface area contributed by atoms with Crippen LogP contribution in [0.1, 0.15) is 23.0 Å². The van der Waals surface area contributed by atoms with Crippen LogP contribution >= 0.6 is 0 Å². The van der Waals surface area contributed by atoms with E-state index >= 15 is 0 Å². The van der Waals surface area contributed by atoms with Crippen LogP contribution in [0.2, 0.25) is 0 Å². The molecule has 0 unspecified atom stereocenters. The van der Waals surface area contributed by atoms with E-state index in [2.05, 4.69) is 31.5 Å². The number of aromatic nitrogens is 5. The molecule has 1 aliphatic heterocycles. The Hall–Kier alpha value is -2.62. The standard InChI is InChI=1S/C19H24N6O3/c1-13-3-4-16-14(11-13)12-15(19(26)20-16)17(24-5-9-28-10-6-24)18-21-22-23-25(18)7-8-27-2/h3-4,11-12,17H,5-10H2,1-2H3,(H,20,26)/t17-/m0/s1. The van der Waals surface area contributed by atoms with Gasteiger partial charge in [-0.1, -0.05) is 11.6 Å². The van der Waals surface area contributed by atoms with Crippen LogP contribution in [0.4, 0.5) is 0 Å². The van der Waals surface area contributed by atoms with Crippen molar-refractivity contribution >= 4 is 10.9 Å². The number of tetrazole rings is 1. The number of nitrogens with one attached hydrogen (secondary N) is 1. The monoisotopic (exact) mass is 384 g/mol. The van der Waals surface area contributed by atoms with E-state index in [0.717, 1.165) is 16.5 Å². The molecular formula is C19H24N6O3. The van der Waals surface area contributed by atoms with Crippen molar-refractivity contribution < 1.29 is 9.47 Å². The summed E-state index contributed by atoms with van der Waals surface area (Å²) in [6.07, 6.45) is 0. The second-order valence-corrected chi connectivity index (χ2v) is 6.95. The SMILES string of the molecule is COCCn1nnnc1[C@H](c1cc2cc(C)ccc2[nH]c1=O)N1CCOCC1. The lowest BCUT2D eigenvalue weighted by Crippen LogP contribution is -2.42. The normalized spacial score (nSPS) is 16.5. The molecule has 3 aromatic rings. The van der Waals surface area contributed by atoms with Crippen molar-refractivity contribution in [3.63, 3.8) is 0 Å². The summed E-state index contributed by atoms with van der Waals surface area (Å²) in [7, 11) is 1.64. The molecule has 0 aliphatic carbocycles. The van der Waals surface area contributed by atoms with Crippen molar-refractivity contribution in [2.45, 2.75) is 19.5 Å². The van der Waals surface area contributed by atoms with Gasteiger partial charge in [0.15, 0.2) is 5.82 Å². The van der Waals surface area contributed by atoms with E-state index in [9.17, 15) is 4.79 Å². The highest BCUT2D eigenvalue weighted by atomic mass is 16.5. The van der Waals surface area contributed by atoms with Gasteiger partial charge in [-0.3, -0.25) is 9.69 Å². The molecule has 1 aromatic carbocycles. The van der Waals surface area contributed by atoms with Crippen molar-refractivity contribution in [3.8, 4) is 0 Å². The maximum Gasteiger partial charge on any atom is 0.253 e. The first-order valence-corrected chi connectivity index (χ1v) is 9.38. The summed E-state index contributed by atoms with van der Waals surface area (Å²) in [5, 5.41) is 13.2. The number of rotatable bonds is 6. The van der Waals surface area contributed by atoms with Gasteiger partial charge in [-0.15, -0.1) is 5.10 Å². The third kappa shape index (κ3) is 3.68. The first-order valence-electron chi connectivity index (χ1n) is 9.38. The van der Waals surface area contributed by atoms with E-state index in [-0.39, 0.29) is 11.6 Å². The Bertz CT molecular complexity index is 1010. The third-order valence-electron chi connectivity index (χ3n) is 5.05. The lowest BCUT2D eigenvalue weighted by atomic mass is 10.0. The zero-order valence-electron chi connectivity index (χ0n) is 16.1. The molecule has 148 valence electrons. The minimum atomic E-state index is -0.357. The number of hydrogen-bond acceptors (Lipinski definition) is 7. The number of H-pyrrole nitrogens is 1. The maximum absolute atomic E-state index is 13.0. The van der Waals surface area contributed by atoms with Crippen LogP contribution < -0.4 is 5.56 Å². The predicted octanol–water partition coefficient (Wildman–Crippen LogP) is 0.891. The van der Waals surface area contributed by atoms with Crippen molar-refractivity contribution in [3.05, 3.63) is 51.6 Å². The topological polar surface area (TPSA) is 98.2 Å². The molecule has 2 aromatic heterocycles. The molecule has 0 spiro atoms. The summed E-state index contributed by atoms with van der Waals surface area (Å²) in [5.41, 5.74) is 2.46. The number of ether oxygens (including phenoxy) is 2. The van der Waals surface area contributed by atoms with Crippen LogP contribution in [0.25, 0.3) is 10.9 Å². The second kappa shape index (κ2) is 8.17. The summed E-state index contributed by atoms with van der Waals surface area (Å²) >= 11 is 0. The Morgan fingerprint density at radius 1 is 1.29 bits per heavy atom. The number of aromatic amines is 1. The lowest BCUT2D eigenvalue weighted by molar-refractivity contribution is 0.0211.